The molecule has 0 aliphatic carbocycles. The molecule has 0 saturated heterocycles. The van der Waals surface area contributed by atoms with Gasteiger partial charge in [-0.05, 0) is 31.2 Å². The molecule has 3 aromatic rings. The maximum absolute atomic E-state index is 12.8. The zero-order valence-electron chi connectivity index (χ0n) is 15.1. The van der Waals surface area contributed by atoms with Crippen molar-refractivity contribution >= 4 is 51.8 Å². The number of fused-ring (bicyclic) bond motifs is 1. The van der Waals surface area contributed by atoms with E-state index in [0.29, 0.717) is 21.1 Å². The van der Waals surface area contributed by atoms with Gasteiger partial charge in [0.05, 0.1) is 27.8 Å². The van der Waals surface area contributed by atoms with Crippen LogP contribution in [0, 0.1) is 0 Å². The van der Waals surface area contributed by atoms with E-state index in [1.807, 2.05) is 0 Å². The Morgan fingerprint density at radius 3 is 2.46 bits per heavy atom. The summed E-state index contributed by atoms with van der Waals surface area (Å²) < 4.78 is 6.43. The summed E-state index contributed by atoms with van der Waals surface area (Å²) >= 11 is 12.1. The lowest BCUT2D eigenvalue weighted by Gasteiger charge is -2.21. The van der Waals surface area contributed by atoms with Crippen molar-refractivity contribution in [1.82, 2.24) is 9.47 Å². The van der Waals surface area contributed by atoms with Gasteiger partial charge in [-0.25, -0.2) is 4.79 Å². The number of hydrogen-bond acceptors (Lipinski definition) is 4. The van der Waals surface area contributed by atoms with Gasteiger partial charge in [-0.3, -0.25) is 14.2 Å². The molecule has 0 spiro atoms. The van der Waals surface area contributed by atoms with Crippen LogP contribution in [0.25, 0.3) is 11.1 Å². The lowest BCUT2D eigenvalue weighted by Crippen LogP contribution is -2.40. The summed E-state index contributed by atoms with van der Waals surface area (Å²) in [7, 11) is 1.47. The van der Waals surface area contributed by atoms with E-state index < -0.39 is 23.6 Å². The Hall–Kier alpha value is -2.77. The molecule has 146 valence electrons. The Balaban J connectivity index is 1.74. The molecule has 9 heteroatoms. The van der Waals surface area contributed by atoms with Crippen LogP contribution in [-0.2, 0) is 9.59 Å². The number of carbonyl (C=O) groups excluding carboxylic acids is 2. The van der Waals surface area contributed by atoms with E-state index in [4.69, 9.17) is 27.6 Å². The van der Waals surface area contributed by atoms with E-state index in [-0.39, 0.29) is 12.2 Å². The van der Waals surface area contributed by atoms with Crippen molar-refractivity contribution in [3.63, 3.8) is 0 Å². The van der Waals surface area contributed by atoms with Crippen LogP contribution in [0.5, 0.6) is 0 Å². The second-order valence-electron chi connectivity index (χ2n) is 6.22. The van der Waals surface area contributed by atoms with Crippen LogP contribution in [0.3, 0.4) is 0 Å². The first kappa shape index (κ1) is 20.0. The minimum absolute atomic E-state index is 0.241. The summed E-state index contributed by atoms with van der Waals surface area (Å²) in [4.78, 5) is 38.4. The fourth-order valence-electron chi connectivity index (χ4n) is 2.87. The number of rotatable bonds is 5. The SMILES string of the molecule is CC(C(=O)N(C)CC(=O)Nc1c(Cl)cccc1Cl)n1c(=O)oc2ccccc21. The molecule has 7 nitrogen and oxygen atoms in total. The minimum Gasteiger partial charge on any atom is -0.408 e. The molecule has 2 amide bonds. The van der Waals surface area contributed by atoms with Crippen molar-refractivity contribution in [2.45, 2.75) is 13.0 Å². The van der Waals surface area contributed by atoms with Crippen LogP contribution in [0.15, 0.2) is 51.7 Å². The van der Waals surface area contributed by atoms with Gasteiger partial charge < -0.3 is 14.6 Å². The van der Waals surface area contributed by atoms with Gasteiger partial charge in [0.2, 0.25) is 11.8 Å². The van der Waals surface area contributed by atoms with Crippen molar-refractivity contribution in [3.05, 3.63) is 63.1 Å². The standard InChI is InChI=1S/C19H17Cl2N3O4/c1-11(24-14-8-3-4-9-15(14)28-19(24)27)18(26)23(2)10-16(25)22-17-12(20)6-5-7-13(17)21/h3-9,11H,10H2,1-2H3,(H,22,25). The highest BCUT2D eigenvalue weighted by Crippen LogP contribution is 2.29. The first-order valence-corrected chi connectivity index (χ1v) is 9.14. The topological polar surface area (TPSA) is 84.5 Å². The molecule has 3 rings (SSSR count). The van der Waals surface area contributed by atoms with Gasteiger partial charge in [-0.1, -0.05) is 41.4 Å². The predicted molar refractivity (Wildman–Crippen MR) is 108 cm³/mol. The summed E-state index contributed by atoms with van der Waals surface area (Å²) in [6.07, 6.45) is 0. The maximum atomic E-state index is 12.8. The predicted octanol–water partition coefficient (Wildman–Crippen LogP) is 3.56. The lowest BCUT2D eigenvalue weighted by molar-refractivity contribution is -0.135. The summed E-state index contributed by atoms with van der Waals surface area (Å²) in [5.74, 6) is -1.53. The highest BCUT2D eigenvalue weighted by atomic mass is 35.5. The number of aromatic nitrogens is 1. The van der Waals surface area contributed by atoms with Crippen LogP contribution < -0.4 is 11.1 Å². The Morgan fingerprint density at radius 2 is 1.79 bits per heavy atom. The summed E-state index contributed by atoms with van der Waals surface area (Å²) in [5, 5.41) is 3.18. The number of amides is 2. The maximum Gasteiger partial charge on any atom is 0.420 e. The van der Waals surface area contributed by atoms with Crippen LogP contribution in [0.1, 0.15) is 13.0 Å². The average molecular weight is 422 g/mol. The van der Waals surface area contributed by atoms with Gasteiger partial charge in [0, 0.05) is 7.05 Å². The van der Waals surface area contributed by atoms with Crippen molar-refractivity contribution in [2.24, 2.45) is 0 Å². The smallest absolute Gasteiger partial charge is 0.408 e. The monoisotopic (exact) mass is 421 g/mol. The fraction of sp³-hybridized carbons (Fsp3) is 0.211. The number of anilines is 1. The van der Waals surface area contributed by atoms with Gasteiger partial charge in [-0.2, -0.15) is 0 Å². The van der Waals surface area contributed by atoms with Crippen molar-refractivity contribution < 1.29 is 14.0 Å². The zero-order chi connectivity index (χ0) is 20.4. The van der Waals surface area contributed by atoms with E-state index in [0.717, 1.165) is 0 Å². The second kappa shape index (κ2) is 8.08. The number of nitrogens with zero attached hydrogens (tertiary/aromatic N) is 2. The number of oxazole rings is 1. The molecule has 1 unspecified atom stereocenters. The van der Waals surface area contributed by atoms with E-state index in [1.165, 1.54) is 16.5 Å². The molecule has 0 saturated carbocycles. The lowest BCUT2D eigenvalue weighted by atomic mass is 10.2. The molecule has 1 N–H and O–H groups in total. The molecular weight excluding hydrogens is 405 g/mol. The Kier molecular flexibility index (Phi) is 5.76. The van der Waals surface area contributed by atoms with Gasteiger partial charge in [0.15, 0.2) is 5.58 Å². The highest BCUT2D eigenvalue weighted by Gasteiger charge is 2.25. The summed E-state index contributed by atoms with van der Waals surface area (Å²) in [6.45, 7) is 1.33. The van der Waals surface area contributed by atoms with Gasteiger partial charge in [-0.15, -0.1) is 0 Å². The molecule has 0 fully saturated rings. The molecule has 2 aromatic carbocycles. The number of nitrogens with one attached hydrogen (secondary N) is 1. The van der Waals surface area contributed by atoms with E-state index in [2.05, 4.69) is 5.32 Å². The quantitative estimate of drug-likeness (QED) is 0.682. The number of halogens is 2. The summed E-state index contributed by atoms with van der Waals surface area (Å²) in [5.41, 5.74) is 1.18. The molecule has 0 bridgehead atoms. The molecule has 0 aliphatic heterocycles. The summed E-state index contributed by atoms with van der Waals surface area (Å²) in [6, 6.07) is 10.8. The van der Waals surface area contributed by atoms with Crippen LogP contribution in [0.4, 0.5) is 5.69 Å². The largest absolute Gasteiger partial charge is 0.420 e. The van der Waals surface area contributed by atoms with Gasteiger partial charge in [0.1, 0.15) is 6.04 Å². The molecule has 1 heterocycles. The van der Waals surface area contributed by atoms with Crippen LogP contribution >= 0.6 is 23.2 Å². The van der Waals surface area contributed by atoms with Crippen LogP contribution in [0.2, 0.25) is 10.0 Å². The molecule has 1 atom stereocenters. The van der Waals surface area contributed by atoms with Crippen LogP contribution in [-0.4, -0.2) is 34.9 Å². The third-order valence-corrected chi connectivity index (χ3v) is 4.88. The van der Waals surface area contributed by atoms with Gasteiger partial charge in [0.25, 0.3) is 0 Å². The fourth-order valence-corrected chi connectivity index (χ4v) is 3.36. The first-order valence-electron chi connectivity index (χ1n) is 8.38. The van der Waals surface area contributed by atoms with Crippen molar-refractivity contribution in [2.75, 3.05) is 18.9 Å². The number of likely N-dealkylation sites (N-methyl/N-ethyl adjacent to an activating group) is 1. The molecule has 28 heavy (non-hydrogen) atoms. The third-order valence-electron chi connectivity index (χ3n) is 4.25. The van der Waals surface area contributed by atoms with Crippen molar-refractivity contribution in [1.29, 1.82) is 0 Å². The second-order valence-corrected chi connectivity index (χ2v) is 7.04. The van der Waals surface area contributed by atoms with E-state index in [1.54, 1.807) is 49.4 Å². The minimum atomic E-state index is -0.849. The molecule has 0 aliphatic rings. The Morgan fingerprint density at radius 1 is 1.14 bits per heavy atom. The molecule has 1 aromatic heterocycles. The van der Waals surface area contributed by atoms with Crippen molar-refractivity contribution in [3.8, 4) is 0 Å². The number of benzene rings is 2. The van der Waals surface area contributed by atoms with E-state index >= 15 is 0 Å². The van der Waals surface area contributed by atoms with Gasteiger partial charge >= 0.3 is 5.76 Å². The Labute approximate surface area is 170 Å². The normalized spacial score (nSPS) is 12.0. The average Bonchev–Trinajstić information content (AvgIpc) is 2.99. The first-order chi connectivity index (χ1) is 13.3. The molecular formula is C19H17Cl2N3O4. The Bertz CT molecular complexity index is 1090. The number of carbonyl (C=O) groups is 2. The van der Waals surface area contributed by atoms with E-state index in [9.17, 15) is 14.4 Å². The number of hydrogen-bond donors (Lipinski definition) is 1. The molecule has 0 radical (unpaired) electrons. The zero-order valence-corrected chi connectivity index (χ0v) is 16.6. The number of para-hydroxylation sites is 3. The third kappa shape index (κ3) is 3.90. The highest BCUT2D eigenvalue weighted by molar-refractivity contribution is 6.39.